The Hall–Kier alpha value is -0.180. The third kappa shape index (κ3) is 4.06. The highest BCUT2D eigenvalue weighted by atomic mass is 32.2. The van der Waals surface area contributed by atoms with E-state index in [-0.39, 0.29) is 11.9 Å². The number of rotatable bonds is 5. The second-order valence-electron chi connectivity index (χ2n) is 4.50. The van der Waals surface area contributed by atoms with E-state index in [2.05, 4.69) is 6.92 Å². The molecule has 1 fully saturated rings. The number of carbonyl (C=O) groups is 1. The van der Waals surface area contributed by atoms with E-state index in [1.54, 1.807) is 0 Å². The first-order valence-electron chi connectivity index (χ1n) is 5.84. The normalized spacial score (nSPS) is 21.3. The molecule has 0 amide bonds. The van der Waals surface area contributed by atoms with Crippen LogP contribution < -0.4 is 0 Å². The number of ether oxygens (including phenoxy) is 1. The van der Waals surface area contributed by atoms with Crippen LogP contribution in [-0.2, 0) is 9.53 Å². The first kappa shape index (κ1) is 12.9. The molecule has 2 nitrogen and oxygen atoms in total. The van der Waals surface area contributed by atoms with Crippen LogP contribution >= 0.6 is 11.8 Å². The lowest BCUT2D eigenvalue weighted by Gasteiger charge is -2.19. The maximum Gasteiger partial charge on any atom is 0.309 e. The minimum atomic E-state index is -0.0820. The number of hydrogen-bond acceptors (Lipinski definition) is 3. The molecule has 15 heavy (non-hydrogen) atoms. The molecule has 0 bridgehead atoms. The lowest BCUT2D eigenvalue weighted by molar-refractivity contribution is -0.144. The standard InChI is InChI=1S/C12H22O2S/c1-9(12(13)14-3)10(2)15-8-11-6-4-5-7-11/h9-11H,4-8H2,1-3H3. The Balaban J connectivity index is 2.22. The lowest BCUT2D eigenvalue weighted by atomic mass is 10.1. The van der Waals surface area contributed by atoms with Crippen molar-refractivity contribution in [2.24, 2.45) is 11.8 Å². The van der Waals surface area contributed by atoms with E-state index in [1.165, 1.54) is 38.5 Å². The molecule has 0 spiro atoms. The van der Waals surface area contributed by atoms with Crippen LogP contribution in [0.2, 0.25) is 0 Å². The van der Waals surface area contributed by atoms with Gasteiger partial charge < -0.3 is 4.74 Å². The van der Waals surface area contributed by atoms with Crippen LogP contribution in [0.5, 0.6) is 0 Å². The number of hydrogen-bond donors (Lipinski definition) is 0. The van der Waals surface area contributed by atoms with Crippen LogP contribution in [0.15, 0.2) is 0 Å². The van der Waals surface area contributed by atoms with Crippen molar-refractivity contribution < 1.29 is 9.53 Å². The SMILES string of the molecule is COC(=O)C(C)C(C)SCC1CCCC1. The maximum atomic E-state index is 11.3. The zero-order valence-electron chi connectivity index (χ0n) is 9.99. The van der Waals surface area contributed by atoms with E-state index in [1.807, 2.05) is 18.7 Å². The summed E-state index contributed by atoms with van der Waals surface area (Å²) in [5, 5.41) is 0.373. The van der Waals surface area contributed by atoms with Crippen molar-refractivity contribution in [3.8, 4) is 0 Å². The molecule has 88 valence electrons. The summed E-state index contributed by atoms with van der Waals surface area (Å²) >= 11 is 1.92. The van der Waals surface area contributed by atoms with E-state index in [0.717, 1.165) is 5.92 Å². The zero-order valence-corrected chi connectivity index (χ0v) is 10.8. The summed E-state index contributed by atoms with van der Waals surface area (Å²) in [4.78, 5) is 11.3. The maximum absolute atomic E-state index is 11.3. The van der Waals surface area contributed by atoms with Gasteiger partial charge in [-0.15, -0.1) is 0 Å². The van der Waals surface area contributed by atoms with Gasteiger partial charge in [0.1, 0.15) is 0 Å². The van der Waals surface area contributed by atoms with E-state index in [9.17, 15) is 4.79 Å². The monoisotopic (exact) mass is 230 g/mol. The largest absolute Gasteiger partial charge is 0.469 e. The predicted molar refractivity (Wildman–Crippen MR) is 65.1 cm³/mol. The molecule has 1 saturated carbocycles. The van der Waals surface area contributed by atoms with Crippen molar-refractivity contribution in [1.29, 1.82) is 0 Å². The number of methoxy groups -OCH3 is 1. The molecular formula is C12H22O2S. The molecule has 1 aliphatic carbocycles. The zero-order chi connectivity index (χ0) is 11.3. The first-order valence-corrected chi connectivity index (χ1v) is 6.89. The van der Waals surface area contributed by atoms with Gasteiger partial charge in [0.15, 0.2) is 0 Å². The van der Waals surface area contributed by atoms with Crippen molar-refractivity contribution in [1.82, 2.24) is 0 Å². The van der Waals surface area contributed by atoms with Gasteiger partial charge >= 0.3 is 5.97 Å². The number of carbonyl (C=O) groups excluding carboxylic acids is 1. The Morgan fingerprint density at radius 3 is 2.53 bits per heavy atom. The van der Waals surface area contributed by atoms with Crippen LogP contribution in [0.1, 0.15) is 39.5 Å². The smallest absolute Gasteiger partial charge is 0.309 e. The van der Waals surface area contributed by atoms with Crippen molar-refractivity contribution in [2.45, 2.75) is 44.8 Å². The quantitative estimate of drug-likeness (QED) is 0.679. The van der Waals surface area contributed by atoms with Crippen molar-refractivity contribution in [3.63, 3.8) is 0 Å². The summed E-state index contributed by atoms with van der Waals surface area (Å²) in [6.07, 6.45) is 5.55. The number of thioether (sulfide) groups is 1. The molecule has 3 heteroatoms. The van der Waals surface area contributed by atoms with Gasteiger partial charge in [-0.1, -0.05) is 26.7 Å². The summed E-state index contributed by atoms with van der Waals surface area (Å²) in [7, 11) is 1.47. The fourth-order valence-electron chi connectivity index (χ4n) is 1.99. The molecule has 2 unspecified atom stereocenters. The highest BCUT2D eigenvalue weighted by molar-refractivity contribution is 7.99. The van der Waals surface area contributed by atoms with E-state index in [4.69, 9.17) is 4.74 Å². The predicted octanol–water partition coefficient (Wildman–Crippen LogP) is 3.11. The third-order valence-corrected chi connectivity index (χ3v) is 4.94. The Morgan fingerprint density at radius 1 is 1.40 bits per heavy atom. The Kier molecular flexibility index (Phi) is 5.51. The van der Waals surface area contributed by atoms with Gasteiger partial charge in [-0.25, -0.2) is 0 Å². The van der Waals surface area contributed by atoms with Crippen LogP contribution in [0, 0.1) is 11.8 Å². The summed E-state index contributed by atoms with van der Waals surface area (Å²) in [6.45, 7) is 4.08. The molecule has 1 aliphatic rings. The van der Waals surface area contributed by atoms with Crippen LogP contribution in [0.25, 0.3) is 0 Å². The second kappa shape index (κ2) is 6.41. The van der Waals surface area contributed by atoms with Crippen molar-refractivity contribution in [2.75, 3.05) is 12.9 Å². The fraction of sp³-hybridized carbons (Fsp3) is 0.917. The summed E-state index contributed by atoms with van der Waals surface area (Å²) in [5.74, 6) is 2.04. The van der Waals surface area contributed by atoms with E-state index < -0.39 is 0 Å². The van der Waals surface area contributed by atoms with Crippen molar-refractivity contribution >= 4 is 17.7 Å². The van der Waals surface area contributed by atoms with Crippen LogP contribution in [0.4, 0.5) is 0 Å². The summed E-state index contributed by atoms with van der Waals surface area (Å²) < 4.78 is 4.75. The van der Waals surface area contributed by atoms with Gasteiger partial charge in [0.25, 0.3) is 0 Å². The van der Waals surface area contributed by atoms with E-state index >= 15 is 0 Å². The molecule has 0 aromatic rings. The Bertz CT molecular complexity index is 200. The Labute approximate surface area is 97.1 Å². The highest BCUT2D eigenvalue weighted by Gasteiger charge is 2.23. The van der Waals surface area contributed by atoms with Crippen LogP contribution in [0.3, 0.4) is 0 Å². The molecule has 0 N–H and O–H groups in total. The fourth-order valence-corrected chi connectivity index (χ4v) is 3.30. The number of esters is 1. The van der Waals surface area contributed by atoms with Gasteiger partial charge in [-0.2, -0.15) is 11.8 Å². The minimum absolute atomic E-state index is 0.0152. The molecule has 0 saturated heterocycles. The molecule has 0 heterocycles. The lowest BCUT2D eigenvalue weighted by Crippen LogP contribution is -2.22. The molecule has 2 atom stereocenters. The highest BCUT2D eigenvalue weighted by Crippen LogP contribution is 2.31. The van der Waals surface area contributed by atoms with Gasteiger partial charge in [0.2, 0.25) is 0 Å². The van der Waals surface area contributed by atoms with E-state index in [0.29, 0.717) is 5.25 Å². The Morgan fingerprint density at radius 2 is 2.00 bits per heavy atom. The molecular weight excluding hydrogens is 208 g/mol. The summed E-state index contributed by atoms with van der Waals surface area (Å²) in [6, 6.07) is 0. The van der Waals surface area contributed by atoms with Gasteiger partial charge in [-0.05, 0) is 24.5 Å². The topological polar surface area (TPSA) is 26.3 Å². The van der Waals surface area contributed by atoms with Crippen LogP contribution in [-0.4, -0.2) is 24.1 Å². The molecule has 0 aliphatic heterocycles. The van der Waals surface area contributed by atoms with Gasteiger partial charge in [-0.3, -0.25) is 4.79 Å². The molecule has 0 aromatic heterocycles. The molecule has 0 aromatic carbocycles. The molecule has 0 radical (unpaired) electrons. The minimum Gasteiger partial charge on any atom is -0.469 e. The molecule has 1 rings (SSSR count). The third-order valence-electron chi connectivity index (χ3n) is 3.35. The summed E-state index contributed by atoms with van der Waals surface area (Å²) in [5.41, 5.74) is 0. The average molecular weight is 230 g/mol. The van der Waals surface area contributed by atoms with Gasteiger partial charge in [0, 0.05) is 5.25 Å². The average Bonchev–Trinajstić information content (AvgIpc) is 2.76. The van der Waals surface area contributed by atoms with Crippen molar-refractivity contribution in [3.05, 3.63) is 0 Å². The first-order chi connectivity index (χ1) is 7.15. The van der Waals surface area contributed by atoms with Gasteiger partial charge in [0.05, 0.1) is 13.0 Å². The second-order valence-corrected chi connectivity index (χ2v) is 5.91.